The number of hydrogen-bond donors (Lipinski definition) is 1. The fraction of sp³-hybridized carbons (Fsp3) is 0.857. The third-order valence-corrected chi connectivity index (χ3v) is 7.37. The number of carbonyl (C=O) groups is 2. The molecular weight excluding hydrogens is 480 g/mol. The van der Waals surface area contributed by atoms with Crippen LogP contribution in [-0.4, -0.2) is 43.4 Å². The molecule has 212 valence electrons. The van der Waals surface area contributed by atoms with Gasteiger partial charge in [-0.3, -0.25) is 14.1 Å². The molecule has 1 unspecified atom stereocenters. The number of allylic oxidation sites excluding steroid dienone is 1. The Morgan fingerprint density at radius 2 is 1.14 bits per heavy atom. The van der Waals surface area contributed by atoms with Gasteiger partial charge in [-0.25, -0.2) is 0 Å². The maximum atomic E-state index is 11.9. The van der Waals surface area contributed by atoms with Gasteiger partial charge in [0.15, 0.2) is 5.25 Å². The SMILES string of the molecule is C/C=C/COC(=O)C(CC(=O)OCCCCCCCCCCCCCCCCCCCC)S(=O)(=O)O. The normalized spacial score (nSPS) is 12.6. The van der Waals surface area contributed by atoms with Crippen molar-refractivity contribution in [2.75, 3.05) is 13.2 Å². The van der Waals surface area contributed by atoms with E-state index in [2.05, 4.69) is 6.92 Å². The molecule has 0 aromatic carbocycles. The van der Waals surface area contributed by atoms with Crippen LogP contribution in [0.3, 0.4) is 0 Å². The summed E-state index contributed by atoms with van der Waals surface area (Å²) in [6, 6.07) is 0. The zero-order valence-corrected chi connectivity index (χ0v) is 23.7. The third-order valence-electron chi connectivity index (χ3n) is 6.29. The highest BCUT2D eigenvalue weighted by molar-refractivity contribution is 7.87. The molecule has 0 aliphatic heterocycles. The summed E-state index contributed by atoms with van der Waals surface area (Å²) in [4.78, 5) is 23.7. The van der Waals surface area contributed by atoms with Crippen molar-refractivity contribution in [3.63, 3.8) is 0 Å². The van der Waals surface area contributed by atoms with Gasteiger partial charge in [0.2, 0.25) is 0 Å². The number of rotatable bonds is 25. The molecule has 1 atom stereocenters. The van der Waals surface area contributed by atoms with Gasteiger partial charge in [0, 0.05) is 0 Å². The summed E-state index contributed by atoms with van der Waals surface area (Å²) in [6.07, 6.45) is 25.2. The maximum Gasteiger partial charge on any atom is 0.327 e. The standard InChI is InChI=1S/C28H52O7S/c1-3-5-7-8-9-10-11-12-13-14-15-16-17-18-19-20-21-22-24-34-27(29)25-26(36(31,32)33)28(30)35-23-6-4-2/h4,6,26H,3,5,7-25H2,1-2H3,(H,31,32,33)/b6-4+. The minimum absolute atomic E-state index is 0.129. The average Bonchev–Trinajstić information content (AvgIpc) is 2.83. The van der Waals surface area contributed by atoms with Crippen molar-refractivity contribution in [3.8, 4) is 0 Å². The molecule has 0 radical (unpaired) electrons. The molecule has 0 amide bonds. The van der Waals surface area contributed by atoms with Gasteiger partial charge in [0.25, 0.3) is 10.1 Å². The monoisotopic (exact) mass is 532 g/mol. The molecule has 0 spiro atoms. The van der Waals surface area contributed by atoms with Crippen molar-refractivity contribution < 1.29 is 32.0 Å². The Kier molecular flexibility index (Phi) is 23.0. The largest absolute Gasteiger partial charge is 0.466 e. The van der Waals surface area contributed by atoms with Gasteiger partial charge in [-0.05, 0) is 13.3 Å². The van der Waals surface area contributed by atoms with E-state index in [1.165, 1.54) is 96.0 Å². The summed E-state index contributed by atoms with van der Waals surface area (Å²) in [5, 5.41) is -1.96. The molecule has 0 saturated carbocycles. The third kappa shape index (κ3) is 21.8. The molecule has 0 rings (SSSR count). The van der Waals surface area contributed by atoms with E-state index in [0.717, 1.165) is 19.3 Å². The zero-order valence-electron chi connectivity index (χ0n) is 22.9. The Balaban J connectivity index is 3.61. The summed E-state index contributed by atoms with van der Waals surface area (Å²) in [5.74, 6) is -2.01. The van der Waals surface area contributed by atoms with Crippen LogP contribution in [0, 0.1) is 0 Å². The van der Waals surface area contributed by atoms with E-state index in [-0.39, 0.29) is 13.2 Å². The van der Waals surface area contributed by atoms with Crippen LogP contribution in [0.15, 0.2) is 12.2 Å². The van der Waals surface area contributed by atoms with Gasteiger partial charge in [-0.1, -0.05) is 128 Å². The van der Waals surface area contributed by atoms with Crippen LogP contribution in [0.5, 0.6) is 0 Å². The van der Waals surface area contributed by atoms with Gasteiger partial charge in [-0.15, -0.1) is 0 Å². The van der Waals surface area contributed by atoms with E-state index in [1.54, 1.807) is 13.0 Å². The number of ether oxygens (including phenoxy) is 2. The molecule has 0 fully saturated rings. The molecule has 0 aliphatic carbocycles. The first-order valence-electron chi connectivity index (χ1n) is 14.2. The summed E-state index contributed by atoms with van der Waals surface area (Å²) in [7, 11) is -4.76. The van der Waals surface area contributed by atoms with Crippen molar-refractivity contribution in [2.45, 2.75) is 141 Å². The van der Waals surface area contributed by atoms with E-state index in [1.807, 2.05) is 0 Å². The predicted octanol–water partition coefficient (Wildman–Crippen LogP) is 7.34. The van der Waals surface area contributed by atoms with Gasteiger partial charge in [0.1, 0.15) is 6.61 Å². The molecule has 0 bridgehead atoms. The molecule has 0 heterocycles. The Morgan fingerprint density at radius 1 is 0.722 bits per heavy atom. The second-order valence-corrected chi connectivity index (χ2v) is 11.2. The summed E-state index contributed by atoms with van der Waals surface area (Å²) < 4.78 is 41.9. The van der Waals surface area contributed by atoms with Crippen LogP contribution in [-0.2, 0) is 29.2 Å². The topological polar surface area (TPSA) is 107 Å². The van der Waals surface area contributed by atoms with Crippen LogP contribution in [0.25, 0.3) is 0 Å². The Bertz CT molecular complexity index is 673. The van der Waals surface area contributed by atoms with Crippen LogP contribution in [0.2, 0.25) is 0 Å². The number of carbonyl (C=O) groups excluding carboxylic acids is 2. The minimum Gasteiger partial charge on any atom is -0.466 e. The zero-order chi connectivity index (χ0) is 26.9. The van der Waals surface area contributed by atoms with Gasteiger partial charge < -0.3 is 9.47 Å². The van der Waals surface area contributed by atoms with Crippen LogP contribution in [0.1, 0.15) is 136 Å². The molecule has 36 heavy (non-hydrogen) atoms. The average molecular weight is 533 g/mol. The fourth-order valence-corrected chi connectivity index (χ4v) is 4.69. The molecule has 0 aromatic heterocycles. The van der Waals surface area contributed by atoms with E-state index >= 15 is 0 Å². The lowest BCUT2D eigenvalue weighted by Crippen LogP contribution is -2.34. The number of unbranched alkanes of at least 4 members (excludes halogenated alkanes) is 17. The first-order valence-corrected chi connectivity index (χ1v) is 15.7. The van der Waals surface area contributed by atoms with Gasteiger partial charge in [-0.2, -0.15) is 8.42 Å². The highest BCUT2D eigenvalue weighted by Crippen LogP contribution is 2.14. The minimum atomic E-state index is -4.76. The second kappa shape index (κ2) is 24.0. The Labute approximate surface area is 220 Å². The van der Waals surface area contributed by atoms with Crippen molar-refractivity contribution in [3.05, 3.63) is 12.2 Å². The van der Waals surface area contributed by atoms with E-state index in [0.29, 0.717) is 6.42 Å². The highest BCUT2D eigenvalue weighted by Gasteiger charge is 2.35. The van der Waals surface area contributed by atoms with Crippen molar-refractivity contribution >= 4 is 22.1 Å². The number of esters is 2. The van der Waals surface area contributed by atoms with Crippen molar-refractivity contribution in [2.24, 2.45) is 0 Å². The lowest BCUT2D eigenvalue weighted by atomic mass is 10.0. The fourth-order valence-electron chi connectivity index (χ4n) is 4.03. The Morgan fingerprint density at radius 3 is 1.53 bits per heavy atom. The van der Waals surface area contributed by atoms with Crippen LogP contribution >= 0.6 is 0 Å². The molecule has 0 aromatic rings. The summed E-state index contributed by atoms with van der Waals surface area (Å²) in [5.41, 5.74) is 0. The van der Waals surface area contributed by atoms with Crippen molar-refractivity contribution in [1.29, 1.82) is 0 Å². The second-order valence-electron chi connectivity index (χ2n) is 9.64. The number of hydrogen-bond acceptors (Lipinski definition) is 6. The molecule has 1 N–H and O–H groups in total. The molecule has 8 heteroatoms. The lowest BCUT2D eigenvalue weighted by molar-refractivity contribution is -0.149. The summed E-state index contributed by atoms with van der Waals surface area (Å²) in [6.45, 7) is 4.02. The molecular formula is C28H52O7S. The smallest absolute Gasteiger partial charge is 0.327 e. The molecule has 0 saturated heterocycles. The lowest BCUT2D eigenvalue weighted by Gasteiger charge is -2.12. The van der Waals surface area contributed by atoms with Gasteiger partial charge in [0.05, 0.1) is 13.0 Å². The quantitative estimate of drug-likeness (QED) is 0.0567. The summed E-state index contributed by atoms with van der Waals surface area (Å²) >= 11 is 0. The van der Waals surface area contributed by atoms with E-state index in [4.69, 9.17) is 9.47 Å². The van der Waals surface area contributed by atoms with E-state index in [9.17, 15) is 22.6 Å². The maximum absolute atomic E-state index is 11.9. The Hall–Kier alpha value is -1.41. The highest BCUT2D eigenvalue weighted by atomic mass is 32.2. The van der Waals surface area contributed by atoms with Gasteiger partial charge >= 0.3 is 11.9 Å². The molecule has 7 nitrogen and oxygen atoms in total. The first kappa shape index (κ1) is 34.6. The van der Waals surface area contributed by atoms with Crippen molar-refractivity contribution in [1.82, 2.24) is 0 Å². The van der Waals surface area contributed by atoms with E-state index < -0.39 is 33.7 Å². The first-order chi connectivity index (χ1) is 17.3. The predicted molar refractivity (Wildman–Crippen MR) is 145 cm³/mol. The van der Waals surface area contributed by atoms with Crippen LogP contribution < -0.4 is 0 Å². The van der Waals surface area contributed by atoms with Crippen LogP contribution in [0.4, 0.5) is 0 Å². The molecule has 0 aliphatic rings.